The van der Waals surface area contributed by atoms with Crippen LogP contribution >= 0.6 is 11.6 Å². The molecule has 0 radical (unpaired) electrons. The Morgan fingerprint density at radius 2 is 1.84 bits per heavy atom. The summed E-state index contributed by atoms with van der Waals surface area (Å²) in [5, 5.41) is 4.36. The highest BCUT2D eigenvalue weighted by Crippen LogP contribution is 2.24. The minimum atomic E-state index is 0.302. The lowest BCUT2D eigenvalue weighted by molar-refractivity contribution is 0.0161. The summed E-state index contributed by atoms with van der Waals surface area (Å²) in [5.74, 6) is 0.921. The van der Waals surface area contributed by atoms with Gasteiger partial charge in [0.2, 0.25) is 0 Å². The molecule has 0 bridgehead atoms. The average Bonchev–Trinajstić information content (AvgIpc) is 2.67. The third kappa shape index (κ3) is 4.95. The maximum atomic E-state index is 6.06. The number of hydrogen-bond donors (Lipinski definition) is 1. The molecular weight excluding hydrogens is 336 g/mol. The minimum absolute atomic E-state index is 0.302. The molecule has 1 unspecified atom stereocenters. The van der Waals surface area contributed by atoms with Gasteiger partial charge < -0.3 is 14.8 Å². The predicted molar refractivity (Wildman–Crippen MR) is 101 cm³/mol. The van der Waals surface area contributed by atoms with Crippen LogP contribution in [-0.2, 0) is 11.3 Å². The van der Waals surface area contributed by atoms with Gasteiger partial charge in [0, 0.05) is 42.8 Å². The summed E-state index contributed by atoms with van der Waals surface area (Å²) < 4.78 is 10.9. The van der Waals surface area contributed by atoms with E-state index in [1.165, 1.54) is 11.1 Å². The molecule has 1 fully saturated rings. The normalized spacial score (nSPS) is 16.6. The van der Waals surface area contributed by atoms with Crippen LogP contribution < -0.4 is 10.1 Å². The smallest absolute Gasteiger partial charge is 0.123 e. The molecule has 1 heterocycles. The van der Waals surface area contributed by atoms with Gasteiger partial charge in [0.15, 0.2) is 0 Å². The first-order chi connectivity index (χ1) is 12.3. The Morgan fingerprint density at radius 3 is 2.56 bits per heavy atom. The molecule has 4 nitrogen and oxygen atoms in total. The second kappa shape index (κ2) is 9.20. The van der Waals surface area contributed by atoms with E-state index < -0.39 is 0 Å². The lowest BCUT2D eigenvalue weighted by Crippen LogP contribution is -2.42. The number of morpholine rings is 1. The third-order valence-corrected chi connectivity index (χ3v) is 4.84. The molecule has 134 valence electrons. The van der Waals surface area contributed by atoms with E-state index in [0.29, 0.717) is 6.04 Å². The van der Waals surface area contributed by atoms with Crippen LogP contribution in [0.5, 0.6) is 5.75 Å². The molecular formula is C20H25ClN2O2. The molecule has 1 saturated heterocycles. The van der Waals surface area contributed by atoms with Crippen molar-refractivity contribution < 1.29 is 9.47 Å². The summed E-state index contributed by atoms with van der Waals surface area (Å²) in [6.45, 7) is 5.11. The van der Waals surface area contributed by atoms with Crippen LogP contribution in [0, 0.1) is 0 Å². The fourth-order valence-corrected chi connectivity index (χ4v) is 3.35. The molecule has 2 aromatic carbocycles. The molecule has 0 saturated carbocycles. The van der Waals surface area contributed by atoms with Gasteiger partial charge in [-0.3, -0.25) is 4.90 Å². The van der Waals surface area contributed by atoms with Gasteiger partial charge in [-0.05, 0) is 23.8 Å². The van der Waals surface area contributed by atoms with Crippen molar-refractivity contribution in [2.24, 2.45) is 0 Å². The van der Waals surface area contributed by atoms with Gasteiger partial charge in [0.25, 0.3) is 0 Å². The van der Waals surface area contributed by atoms with Gasteiger partial charge in [-0.15, -0.1) is 0 Å². The average molecular weight is 361 g/mol. The van der Waals surface area contributed by atoms with Gasteiger partial charge in [-0.2, -0.15) is 0 Å². The molecule has 1 aliphatic heterocycles. The van der Waals surface area contributed by atoms with E-state index in [9.17, 15) is 0 Å². The summed E-state index contributed by atoms with van der Waals surface area (Å²) in [6, 6.07) is 16.6. The number of para-hydroxylation sites is 1. The van der Waals surface area contributed by atoms with E-state index in [-0.39, 0.29) is 0 Å². The lowest BCUT2D eigenvalue weighted by Gasteiger charge is -2.35. The Labute approximate surface area is 154 Å². The molecule has 3 rings (SSSR count). The fraction of sp³-hybridized carbons (Fsp3) is 0.400. The molecule has 1 atom stereocenters. The number of benzene rings is 2. The quantitative estimate of drug-likeness (QED) is 0.819. The molecule has 0 amide bonds. The number of nitrogens with zero attached hydrogens (tertiary/aromatic N) is 1. The van der Waals surface area contributed by atoms with E-state index in [4.69, 9.17) is 21.1 Å². The first-order valence-corrected chi connectivity index (χ1v) is 9.05. The molecule has 25 heavy (non-hydrogen) atoms. The summed E-state index contributed by atoms with van der Waals surface area (Å²) in [6.07, 6.45) is 0. The number of nitrogens with one attached hydrogen (secondary N) is 1. The Hall–Kier alpha value is -1.59. The fourth-order valence-electron chi connectivity index (χ4n) is 3.22. The van der Waals surface area contributed by atoms with Crippen molar-refractivity contribution in [2.75, 3.05) is 40.0 Å². The first kappa shape index (κ1) is 18.2. The standard InChI is InChI=1S/C20H25ClN2O2/c1-24-20-5-3-2-4-17(20)14-22-15-19(23-10-12-25-13-11-23)16-6-8-18(21)9-7-16/h2-9,19,22H,10-15H2,1H3. The number of ether oxygens (including phenoxy) is 2. The summed E-state index contributed by atoms with van der Waals surface area (Å²) in [7, 11) is 1.71. The van der Waals surface area contributed by atoms with E-state index >= 15 is 0 Å². The topological polar surface area (TPSA) is 33.7 Å². The minimum Gasteiger partial charge on any atom is -0.496 e. The Kier molecular flexibility index (Phi) is 6.70. The van der Waals surface area contributed by atoms with Crippen molar-refractivity contribution >= 4 is 11.6 Å². The zero-order valence-electron chi connectivity index (χ0n) is 14.6. The maximum Gasteiger partial charge on any atom is 0.123 e. The Balaban J connectivity index is 1.68. The van der Waals surface area contributed by atoms with Crippen molar-refractivity contribution in [1.29, 1.82) is 0 Å². The lowest BCUT2D eigenvalue weighted by atomic mass is 10.0. The van der Waals surface area contributed by atoms with Gasteiger partial charge in [0.1, 0.15) is 5.75 Å². The van der Waals surface area contributed by atoms with Crippen LogP contribution in [0.1, 0.15) is 17.2 Å². The largest absolute Gasteiger partial charge is 0.496 e. The molecule has 0 aromatic heterocycles. The Bertz CT molecular complexity index is 657. The summed E-state index contributed by atoms with van der Waals surface area (Å²) in [4.78, 5) is 2.47. The van der Waals surface area contributed by atoms with Gasteiger partial charge in [0.05, 0.1) is 20.3 Å². The van der Waals surface area contributed by atoms with Crippen molar-refractivity contribution in [2.45, 2.75) is 12.6 Å². The zero-order chi connectivity index (χ0) is 17.5. The molecule has 0 spiro atoms. The molecule has 2 aromatic rings. The van der Waals surface area contributed by atoms with Crippen molar-refractivity contribution in [1.82, 2.24) is 10.2 Å². The van der Waals surface area contributed by atoms with Crippen LogP contribution in [0.15, 0.2) is 48.5 Å². The van der Waals surface area contributed by atoms with Crippen molar-refractivity contribution in [3.05, 3.63) is 64.7 Å². The van der Waals surface area contributed by atoms with E-state index in [1.807, 2.05) is 30.3 Å². The van der Waals surface area contributed by atoms with Crippen LogP contribution in [0.25, 0.3) is 0 Å². The highest BCUT2D eigenvalue weighted by Gasteiger charge is 2.22. The highest BCUT2D eigenvalue weighted by atomic mass is 35.5. The number of rotatable bonds is 7. The highest BCUT2D eigenvalue weighted by molar-refractivity contribution is 6.30. The van der Waals surface area contributed by atoms with Crippen molar-refractivity contribution in [3.63, 3.8) is 0 Å². The van der Waals surface area contributed by atoms with Gasteiger partial charge in [-0.1, -0.05) is 41.9 Å². The summed E-state index contributed by atoms with van der Waals surface area (Å²) >= 11 is 6.06. The molecule has 5 heteroatoms. The van der Waals surface area contributed by atoms with E-state index in [2.05, 4.69) is 28.4 Å². The van der Waals surface area contributed by atoms with E-state index in [0.717, 1.165) is 50.2 Å². The van der Waals surface area contributed by atoms with E-state index in [1.54, 1.807) is 7.11 Å². The second-order valence-electron chi connectivity index (χ2n) is 6.16. The van der Waals surface area contributed by atoms with Gasteiger partial charge in [-0.25, -0.2) is 0 Å². The molecule has 1 N–H and O–H groups in total. The zero-order valence-corrected chi connectivity index (χ0v) is 15.3. The van der Waals surface area contributed by atoms with Crippen LogP contribution in [-0.4, -0.2) is 44.9 Å². The number of hydrogen-bond acceptors (Lipinski definition) is 4. The molecule has 1 aliphatic rings. The molecule has 0 aliphatic carbocycles. The van der Waals surface area contributed by atoms with Crippen LogP contribution in [0.4, 0.5) is 0 Å². The summed E-state index contributed by atoms with van der Waals surface area (Å²) in [5.41, 5.74) is 2.45. The predicted octanol–water partition coefficient (Wildman–Crippen LogP) is 3.51. The number of halogens is 1. The Morgan fingerprint density at radius 1 is 1.12 bits per heavy atom. The van der Waals surface area contributed by atoms with Gasteiger partial charge >= 0.3 is 0 Å². The maximum absolute atomic E-state index is 6.06. The van der Waals surface area contributed by atoms with Crippen LogP contribution in [0.2, 0.25) is 5.02 Å². The number of methoxy groups -OCH3 is 1. The van der Waals surface area contributed by atoms with Crippen molar-refractivity contribution in [3.8, 4) is 5.75 Å². The second-order valence-corrected chi connectivity index (χ2v) is 6.59. The monoisotopic (exact) mass is 360 g/mol. The SMILES string of the molecule is COc1ccccc1CNCC(c1ccc(Cl)cc1)N1CCOCC1. The van der Waals surface area contributed by atoms with Crippen LogP contribution in [0.3, 0.4) is 0 Å². The third-order valence-electron chi connectivity index (χ3n) is 4.59. The first-order valence-electron chi connectivity index (χ1n) is 8.68.